The molecule has 3 atom stereocenters. The van der Waals surface area contributed by atoms with Crippen molar-refractivity contribution in [1.82, 2.24) is 10.2 Å². The fraction of sp³-hybridized carbons (Fsp3) is 0.324. The highest BCUT2D eigenvalue weighted by molar-refractivity contribution is 5.86. The molecule has 0 radical (unpaired) electrons. The Labute approximate surface area is 246 Å². The summed E-state index contributed by atoms with van der Waals surface area (Å²) in [5.74, 6) is -2.45. The van der Waals surface area contributed by atoms with Crippen molar-refractivity contribution in [2.24, 2.45) is 11.8 Å². The van der Waals surface area contributed by atoms with Gasteiger partial charge in [0, 0.05) is 19.5 Å². The number of nitrogens with one attached hydrogen (secondary N) is 1. The Bertz CT molecular complexity index is 1330. The highest BCUT2D eigenvalue weighted by atomic mass is 19.1. The standard InChI is InChI=1S/C34H37FN2O5/c35-30-17-15-25(16-18-30)21-29-14-8-7-13-28(22-32(39)37(19-20-38)23-26-9-3-1-4-10-26)33(40)36-31(24-42-34(29)41)27-11-5-2-6-12-27/h1-12,15-18,28-29,31,38H,13-14,19-24H2,(H,36,40)/b8-7-/t28-,29-,31+/m0/s1. The number of benzene rings is 3. The second kappa shape index (κ2) is 15.6. The van der Waals surface area contributed by atoms with Crippen LogP contribution in [0.25, 0.3) is 0 Å². The van der Waals surface area contributed by atoms with Gasteiger partial charge < -0.3 is 20.1 Å². The van der Waals surface area contributed by atoms with Gasteiger partial charge in [-0.05, 0) is 48.1 Å². The summed E-state index contributed by atoms with van der Waals surface area (Å²) in [6, 6.07) is 24.2. The minimum absolute atomic E-state index is 0.0384. The number of hydrogen-bond acceptors (Lipinski definition) is 5. The Morgan fingerprint density at radius 2 is 1.52 bits per heavy atom. The monoisotopic (exact) mass is 572 g/mol. The molecule has 4 rings (SSSR count). The number of aliphatic hydroxyl groups is 1. The maximum atomic E-state index is 13.6. The fourth-order valence-electron chi connectivity index (χ4n) is 5.01. The van der Waals surface area contributed by atoms with Crippen LogP contribution in [0.4, 0.5) is 4.39 Å². The molecule has 0 spiro atoms. The first kappa shape index (κ1) is 30.7. The summed E-state index contributed by atoms with van der Waals surface area (Å²) in [6.07, 6.45) is 4.68. The van der Waals surface area contributed by atoms with Crippen LogP contribution in [0.2, 0.25) is 0 Å². The Kier molecular flexibility index (Phi) is 11.4. The molecule has 1 aliphatic rings. The molecular weight excluding hydrogens is 535 g/mol. The first-order valence-electron chi connectivity index (χ1n) is 14.3. The van der Waals surface area contributed by atoms with Crippen LogP contribution in [-0.4, -0.2) is 47.5 Å². The molecule has 2 amide bonds. The summed E-state index contributed by atoms with van der Waals surface area (Å²) in [4.78, 5) is 41.7. The Balaban J connectivity index is 1.55. The molecule has 0 saturated heterocycles. The van der Waals surface area contributed by atoms with E-state index in [1.165, 1.54) is 12.1 Å². The SMILES string of the molecule is O=C1N[C@@H](c2ccccc2)COC(=O)[C@H](Cc2ccc(F)cc2)C/C=C\C[C@H]1CC(=O)N(CCO)Cc1ccccc1. The quantitative estimate of drug-likeness (QED) is 0.285. The van der Waals surface area contributed by atoms with Gasteiger partial charge in [-0.1, -0.05) is 84.9 Å². The number of rotatable bonds is 9. The number of halogens is 1. The normalized spacial score (nSPS) is 20.4. The van der Waals surface area contributed by atoms with Gasteiger partial charge in [-0.2, -0.15) is 0 Å². The summed E-state index contributed by atoms with van der Waals surface area (Å²) >= 11 is 0. The van der Waals surface area contributed by atoms with Gasteiger partial charge >= 0.3 is 5.97 Å². The van der Waals surface area contributed by atoms with Gasteiger partial charge in [0.25, 0.3) is 0 Å². The van der Waals surface area contributed by atoms with Gasteiger partial charge in [0.05, 0.1) is 24.5 Å². The highest BCUT2D eigenvalue weighted by Gasteiger charge is 2.29. The van der Waals surface area contributed by atoms with Crippen molar-refractivity contribution < 1.29 is 28.6 Å². The van der Waals surface area contributed by atoms with Crippen molar-refractivity contribution in [2.75, 3.05) is 19.8 Å². The topological polar surface area (TPSA) is 95.9 Å². The van der Waals surface area contributed by atoms with Crippen LogP contribution in [0.15, 0.2) is 97.1 Å². The zero-order chi connectivity index (χ0) is 29.7. The van der Waals surface area contributed by atoms with E-state index < -0.39 is 23.8 Å². The van der Waals surface area contributed by atoms with Gasteiger partial charge in [-0.15, -0.1) is 0 Å². The van der Waals surface area contributed by atoms with Gasteiger partial charge in [0.15, 0.2) is 0 Å². The molecule has 0 saturated carbocycles. The molecule has 220 valence electrons. The summed E-state index contributed by atoms with van der Waals surface area (Å²) in [6.45, 7) is 0.236. The van der Waals surface area contributed by atoms with E-state index in [1.807, 2.05) is 72.8 Å². The van der Waals surface area contributed by atoms with Crippen molar-refractivity contribution in [3.8, 4) is 0 Å². The van der Waals surface area contributed by atoms with Crippen LogP contribution < -0.4 is 5.32 Å². The van der Waals surface area contributed by atoms with Gasteiger partial charge in [-0.25, -0.2) is 4.39 Å². The Morgan fingerprint density at radius 1 is 0.881 bits per heavy atom. The lowest BCUT2D eigenvalue weighted by atomic mass is 9.93. The predicted octanol–water partition coefficient (Wildman–Crippen LogP) is 4.76. The number of cyclic esters (lactones) is 1. The van der Waals surface area contributed by atoms with E-state index in [0.717, 1.165) is 16.7 Å². The molecule has 0 aliphatic carbocycles. The lowest BCUT2D eigenvalue weighted by molar-refractivity contribution is -0.150. The summed E-state index contributed by atoms with van der Waals surface area (Å²) in [5, 5.41) is 12.6. The molecule has 1 heterocycles. The number of amides is 2. The van der Waals surface area contributed by atoms with E-state index in [4.69, 9.17) is 4.74 Å². The van der Waals surface area contributed by atoms with E-state index >= 15 is 0 Å². The largest absolute Gasteiger partial charge is 0.463 e. The van der Waals surface area contributed by atoms with E-state index in [9.17, 15) is 23.9 Å². The number of hydrogen-bond donors (Lipinski definition) is 2. The molecule has 0 fully saturated rings. The third-order valence-corrected chi connectivity index (χ3v) is 7.38. The second-order valence-corrected chi connectivity index (χ2v) is 10.5. The van der Waals surface area contributed by atoms with E-state index in [-0.39, 0.29) is 43.8 Å². The van der Waals surface area contributed by atoms with E-state index in [1.54, 1.807) is 17.0 Å². The second-order valence-electron chi connectivity index (χ2n) is 10.5. The van der Waals surface area contributed by atoms with Crippen molar-refractivity contribution in [3.63, 3.8) is 0 Å². The lowest BCUT2D eigenvalue weighted by Gasteiger charge is -2.27. The molecule has 3 aromatic rings. The molecular formula is C34H37FN2O5. The first-order chi connectivity index (χ1) is 20.4. The van der Waals surface area contributed by atoms with Gasteiger partial charge in [0.1, 0.15) is 12.4 Å². The van der Waals surface area contributed by atoms with Crippen LogP contribution in [0.5, 0.6) is 0 Å². The number of esters is 1. The number of carbonyl (C=O) groups is 3. The predicted molar refractivity (Wildman–Crippen MR) is 157 cm³/mol. The van der Waals surface area contributed by atoms with Crippen LogP contribution >= 0.6 is 0 Å². The molecule has 8 heteroatoms. The first-order valence-corrected chi connectivity index (χ1v) is 14.3. The maximum Gasteiger partial charge on any atom is 0.309 e. The average molecular weight is 573 g/mol. The molecule has 0 unspecified atom stereocenters. The van der Waals surface area contributed by atoms with Crippen molar-refractivity contribution in [1.29, 1.82) is 0 Å². The fourth-order valence-corrected chi connectivity index (χ4v) is 5.01. The highest BCUT2D eigenvalue weighted by Crippen LogP contribution is 2.22. The van der Waals surface area contributed by atoms with E-state index in [0.29, 0.717) is 25.8 Å². The molecule has 42 heavy (non-hydrogen) atoms. The molecule has 2 N–H and O–H groups in total. The van der Waals surface area contributed by atoms with Crippen LogP contribution in [-0.2, 0) is 32.1 Å². The summed E-state index contributed by atoms with van der Waals surface area (Å²) < 4.78 is 19.2. The Hall–Kier alpha value is -4.30. The van der Waals surface area contributed by atoms with Crippen LogP contribution in [0.1, 0.15) is 42.0 Å². The third-order valence-electron chi connectivity index (χ3n) is 7.38. The van der Waals surface area contributed by atoms with Crippen molar-refractivity contribution in [3.05, 3.63) is 120 Å². The van der Waals surface area contributed by atoms with E-state index in [2.05, 4.69) is 5.32 Å². The van der Waals surface area contributed by atoms with Crippen LogP contribution in [0.3, 0.4) is 0 Å². The van der Waals surface area contributed by atoms with Crippen molar-refractivity contribution in [2.45, 2.75) is 38.3 Å². The number of allylic oxidation sites excluding steroid dienone is 2. The van der Waals surface area contributed by atoms with Gasteiger partial charge in [-0.3, -0.25) is 14.4 Å². The molecule has 7 nitrogen and oxygen atoms in total. The summed E-state index contributed by atoms with van der Waals surface area (Å²) in [5.41, 5.74) is 2.52. The minimum Gasteiger partial charge on any atom is -0.463 e. The minimum atomic E-state index is -0.664. The zero-order valence-corrected chi connectivity index (χ0v) is 23.5. The maximum absolute atomic E-state index is 13.6. The zero-order valence-electron chi connectivity index (χ0n) is 23.5. The lowest BCUT2D eigenvalue weighted by Crippen LogP contribution is -2.40. The van der Waals surface area contributed by atoms with Crippen LogP contribution in [0, 0.1) is 17.7 Å². The molecule has 1 aliphatic heterocycles. The number of nitrogens with zero attached hydrogens (tertiary/aromatic N) is 1. The average Bonchev–Trinajstić information content (AvgIpc) is 3.01. The number of ether oxygens (including phenoxy) is 1. The third kappa shape index (κ3) is 9.11. The van der Waals surface area contributed by atoms with Gasteiger partial charge in [0.2, 0.25) is 11.8 Å². The molecule has 0 bridgehead atoms. The summed E-state index contributed by atoms with van der Waals surface area (Å²) in [7, 11) is 0. The number of aliphatic hydroxyl groups excluding tert-OH is 1. The molecule has 3 aromatic carbocycles. The number of carbonyl (C=O) groups excluding carboxylic acids is 3. The van der Waals surface area contributed by atoms with Crippen molar-refractivity contribution >= 4 is 17.8 Å². The smallest absolute Gasteiger partial charge is 0.309 e. The molecule has 0 aromatic heterocycles. The Morgan fingerprint density at radius 3 is 2.19 bits per heavy atom.